The zero-order chi connectivity index (χ0) is 20.2. The van der Waals surface area contributed by atoms with Crippen molar-refractivity contribution in [1.82, 2.24) is 5.32 Å². The van der Waals surface area contributed by atoms with E-state index in [0.717, 1.165) is 23.3 Å². The van der Waals surface area contributed by atoms with Crippen molar-refractivity contribution in [3.05, 3.63) is 76.9 Å². The highest BCUT2D eigenvalue weighted by Crippen LogP contribution is 2.29. The zero-order valence-electron chi connectivity index (χ0n) is 15.9. The third-order valence-electron chi connectivity index (χ3n) is 3.96. The van der Waals surface area contributed by atoms with E-state index in [4.69, 9.17) is 0 Å². The summed E-state index contributed by atoms with van der Waals surface area (Å²) in [5, 5.41) is 2.66. The monoisotopic (exact) mass is 375 g/mol. The normalized spacial score (nSPS) is 12.8. The second-order valence-corrected chi connectivity index (χ2v) is 7.65. The summed E-state index contributed by atoms with van der Waals surface area (Å²) >= 11 is 0. The molecule has 1 N–H and O–H groups in total. The number of carbonyl (C=O) groups excluding carboxylic acids is 1. The molecule has 0 radical (unpaired) electrons. The SMILES string of the molecule is CC(=CC(C)(C)C)c1ccc(C(=O)NCc2cccc(C(F)(F)F)c2)cc1. The number of carbonyl (C=O) groups is 1. The van der Waals surface area contributed by atoms with Crippen LogP contribution >= 0.6 is 0 Å². The number of benzene rings is 2. The lowest BCUT2D eigenvalue weighted by Crippen LogP contribution is -2.23. The molecule has 144 valence electrons. The van der Waals surface area contributed by atoms with Gasteiger partial charge in [0.15, 0.2) is 0 Å². The Morgan fingerprint density at radius 1 is 1.00 bits per heavy atom. The molecule has 2 nitrogen and oxygen atoms in total. The van der Waals surface area contributed by atoms with Gasteiger partial charge in [0.2, 0.25) is 0 Å². The Morgan fingerprint density at radius 3 is 2.15 bits per heavy atom. The van der Waals surface area contributed by atoms with Crippen molar-refractivity contribution in [3.63, 3.8) is 0 Å². The van der Waals surface area contributed by atoms with Gasteiger partial charge in [0.1, 0.15) is 0 Å². The van der Waals surface area contributed by atoms with Crippen LogP contribution < -0.4 is 5.32 Å². The number of hydrogen-bond donors (Lipinski definition) is 1. The van der Waals surface area contributed by atoms with Gasteiger partial charge in [-0.2, -0.15) is 13.2 Å². The van der Waals surface area contributed by atoms with Gasteiger partial charge in [0.25, 0.3) is 5.91 Å². The van der Waals surface area contributed by atoms with Gasteiger partial charge in [-0.15, -0.1) is 0 Å². The summed E-state index contributed by atoms with van der Waals surface area (Å²) in [5.74, 6) is -0.323. The highest BCUT2D eigenvalue weighted by molar-refractivity contribution is 5.94. The summed E-state index contributed by atoms with van der Waals surface area (Å²) in [6, 6.07) is 12.1. The van der Waals surface area contributed by atoms with Crippen molar-refractivity contribution < 1.29 is 18.0 Å². The van der Waals surface area contributed by atoms with Crippen LogP contribution in [-0.2, 0) is 12.7 Å². The average Bonchev–Trinajstić information content (AvgIpc) is 2.58. The number of rotatable bonds is 4. The first-order valence-electron chi connectivity index (χ1n) is 8.70. The van der Waals surface area contributed by atoms with Crippen LogP contribution in [0.15, 0.2) is 54.6 Å². The molecule has 0 spiro atoms. The molecule has 1 amide bonds. The molecular weight excluding hydrogens is 351 g/mol. The van der Waals surface area contributed by atoms with Gasteiger partial charge in [0.05, 0.1) is 5.56 Å². The van der Waals surface area contributed by atoms with E-state index in [0.29, 0.717) is 11.1 Å². The summed E-state index contributed by atoms with van der Waals surface area (Å²) in [4.78, 5) is 12.3. The van der Waals surface area contributed by atoms with E-state index < -0.39 is 11.7 Å². The van der Waals surface area contributed by atoms with E-state index in [9.17, 15) is 18.0 Å². The van der Waals surface area contributed by atoms with E-state index in [2.05, 4.69) is 32.2 Å². The van der Waals surface area contributed by atoms with Crippen molar-refractivity contribution >= 4 is 11.5 Å². The smallest absolute Gasteiger partial charge is 0.348 e. The van der Waals surface area contributed by atoms with Crippen LogP contribution in [0.4, 0.5) is 13.2 Å². The van der Waals surface area contributed by atoms with E-state index in [1.165, 1.54) is 6.07 Å². The maximum absolute atomic E-state index is 12.7. The number of allylic oxidation sites excluding steroid dienone is 2. The molecule has 0 aliphatic heterocycles. The van der Waals surface area contributed by atoms with Gasteiger partial charge in [-0.1, -0.05) is 51.1 Å². The maximum atomic E-state index is 12.7. The van der Waals surface area contributed by atoms with E-state index in [-0.39, 0.29) is 17.9 Å². The van der Waals surface area contributed by atoms with Crippen LogP contribution in [0.2, 0.25) is 0 Å². The molecular formula is C22H24F3NO. The zero-order valence-corrected chi connectivity index (χ0v) is 15.9. The van der Waals surface area contributed by atoms with Crippen LogP contribution in [0.1, 0.15) is 54.7 Å². The molecule has 2 rings (SSSR count). The third-order valence-corrected chi connectivity index (χ3v) is 3.96. The van der Waals surface area contributed by atoms with Crippen molar-refractivity contribution in [2.75, 3.05) is 0 Å². The van der Waals surface area contributed by atoms with Crippen LogP contribution in [0.25, 0.3) is 5.57 Å². The summed E-state index contributed by atoms with van der Waals surface area (Å²) < 4.78 is 38.2. The highest BCUT2D eigenvalue weighted by atomic mass is 19.4. The van der Waals surface area contributed by atoms with Crippen LogP contribution in [0, 0.1) is 5.41 Å². The Balaban J connectivity index is 2.04. The Kier molecular flexibility index (Phi) is 6.14. The molecule has 0 unspecified atom stereocenters. The molecule has 2 aromatic carbocycles. The first-order valence-corrected chi connectivity index (χ1v) is 8.70. The van der Waals surface area contributed by atoms with E-state index in [1.807, 2.05) is 19.1 Å². The van der Waals surface area contributed by atoms with Crippen molar-refractivity contribution in [1.29, 1.82) is 0 Å². The molecule has 5 heteroatoms. The molecule has 0 aliphatic rings. The summed E-state index contributed by atoms with van der Waals surface area (Å²) in [6.07, 6.45) is -2.23. The van der Waals surface area contributed by atoms with E-state index >= 15 is 0 Å². The number of amides is 1. The van der Waals surface area contributed by atoms with Crippen LogP contribution in [-0.4, -0.2) is 5.91 Å². The van der Waals surface area contributed by atoms with Crippen LogP contribution in [0.5, 0.6) is 0 Å². The van der Waals surface area contributed by atoms with Gasteiger partial charge in [-0.3, -0.25) is 4.79 Å². The highest BCUT2D eigenvalue weighted by Gasteiger charge is 2.30. The first kappa shape index (κ1) is 20.7. The molecule has 27 heavy (non-hydrogen) atoms. The minimum atomic E-state index is -4.39. The third kappa shape index (κ3) is 6.27. The largest absolute Gasteiger partial charge is 0.416 e. The molecule has 0 bridgehead atoms. The molecule has 0 aromatic heterocycles. The summed E-state index contributed by atoms with van der Waals surface area (Å²) in [6.45, 7) is 8.41. The van der Waals surface area contributed by atoms with Gasteiger partial charge >= 0.3 is 6.18 Å². The molecule has 0 fully saturated rings. The fourth-order valence-electron chi connectivity index (χ4n) is 2.76. The fraction of sp³-hybridized carbons (Fsp3) is 0.318. The molecule has 0 saturated heterocycles. The second kappa shape index (κ2) is 7.99. The quantitative estimate of drug-likeness (QED) is 0.689. The average molecular weight is 375 g/mol. The number of alkyl halides is 3. The second-order valence-electron chi connectivity index (χ2n) is 7.65. The Morgan fingerprint density at radius 2 is 1.59 bits per heavy atom. The number of nitrogens with one attached hydrogen (secondary N) is 1. The first-order chi connectivity index (χ1) is 12.5. The fourth-order valence-corrected chi connectivity index (χ4v) is 2.76. The van der Waals surface area contributed by atoms with Crippen molar-refractivity contribution in [2.24, 2.45) is 5.41 Å². The van der Waals surface area contributed by atoms with Gasteiger partial charge in [0, 0.05) is 12.1 Å². The Hall–Kier alpha value is -2.56. The number of halogens is 3. The van der Waals surface area contributed by atoms with Gasteiger partial charge < -0.3 is 5.32 Å². The minimum Gasteiger partial charge on any atom is -0.348 e. The van der Waals surface area contributed by atoms with Crippen molar-refractivity contribution in [2.45, 2.75) is 40.4 Å². The molecule has 0 saturated carbocycles. The number of hydrogen-bond acceptors (Lipinski definition) is 1. The Bertz CT molecular complexity index is 828. The Labute approximate surface area is 158 Å². The molecule has 0 heterocycles. The summed E-state index contributed by atoms with van der Waals surface area (Å²) in [5.41, 5.74) is 2.36. The maximum Gasteiger partial charge on any atom is 0.416 e. The predicted octanol–water partition coefficient (Wildman–Crippen LogP) is 6.08. The minimum absolute atomic E-state index is 0.0352. The van der Waals surface area contributed by atoms with Crippen LogP contribution in [0.3, 0.4) is 0 Å². The summed E-state index contributed by atoms with van der Waals surface area (Å²) in [7, 11) is 0. The molecule has 2 aromatic rings. The van der Waals surface area contributed by atoms with Gasteiger partial charge in [-0.25, -0.2) is 0 Å². The van der Waals surface area contributed by atoms with Crippen molar-refractivity contribution in [3.8, 4) is 0 Å². The molecule has 0 aliphatic carbocycles. The standard InChI is InChI=1S/C22H24F3NO/c1-15(13-21(2,3)4)17-8-10-18(11-9-17)20(27)26-14-16-6-5-7-19(12-16)22(23,24)25/h5-13H,14H2,1-4H3,(H,26,27). The molecule has 0 atom stereocenters. The van der Waals surface area contributed by atoms with E-state index in [1.54, 1.807) is 18.2 Å². The predicted molar refractivity (Wildman–Crippen MR) is 102 cm³/mol. The lowest BCUT2D eigenvalue weighted by atomic mass is 9.91. The topological polar surface area (TPSA) is 29.1 Å². The lowest BCUT2D eigenvalue weighted by molar-refractivity contribution is -0.137. The lowest BCUT2D eigenvalue weighted by Gasteiger charge is -2.14. The van der Waals surface area contributed by atoms with Gasteiger partial charge in [-0.05, 0) is 53.3 Å².